The fourth-order valence-corrected chi connectivity index (χ4v) is 3.64. The third-order valence-electron chi connectivity index (χ3n) is 3.70. The van der Waals surface area contributed by atoms with Crippen LogP contribution in [0.5, 0.6) is 0 Å². The van der Waals surface area contributed by atoms with Crippen LogP contribution in [-0.2, 0) is 6.54 Å². The highest BCUT2D eigenvalue weighted by Gasteiger charge is 2.32. The van der Waals surface area contributed by atoms with Gasteiger partial charge >= 0.3 is 5.97 Å². The van der Waals surface area contributed by atoms with Gasteiger partial charge in [0, 0.05) is 17.5 Å². The molecule has 1 aliphatic rings. The monoisotopic (exact) mass is 253 g/mol. The predicted molar refractivity (Wildman–Crippen MR) is 70.7 cm³/mol. The van der Waals surface area contributed by atoms with Crippen LogP contribution >= 0.6 is 11.8 Å². The summed E-state index contributed by atoms with van der Waals surface area (Å²) in [6.45, 7) is 0.822. The van der Waals surface area contributed by atoms with Crippen molar-refractivity contribution in [1.29, 1.82) is 0 Å². The van der Waals surface area contributed by atoms with Crippen LogP contribution in [-0.4, -0.2) is 26.6 Å². The van der Waals surface area contributed by atoms with Crippen molar-refractivity contribution in [2.45, 2.75) is 43.4 Å². The highest BCUT2D eigenvalue weighted by molar-refractivity contribution is 8.00. The first-order chi connectivity index (χ1) is 8.17. The summed E-state index contributed by atoms with van der Waals surface area (Å²) in [5.74, 6) is -0.831. The number of aromatic nitrogens is 1. The summed E-state index contributed by atoms with van der Waals surface area (Å²) in [7, 11) is 0. The third kappa shape index (κ3) is 2.68. The molecule has 0 bridgehead atoms. The minimum absolute atomic E-state index is 0.238. The lowest BCUT2D eigenvalue weighted by molar-refractivity contribution is 0.0684. The molecule has 17 heavy (non-hydrogen) atoms. The lowest BCUT2D eigenvalue weighted by Crippen LogP contribution is -2.33. The van der Waals surface area contributed by atoms with Crippen LogP contribution in [0.4, 0.5) is 0 Å². The molecule has 2 rings (SSSR count). The number of nitrogens with zero attached hydrogens (tertiary/aromatic N) is 1. The number of thioether (sulfide) groups is 1. The van der Waals surface area contributed by atoms with E-state index in [1.165, 1.54) is 32.1 Å². The summed E-state index contributed by atoms with van der Waals surface area (Å²) in [4.78, 5) is 11.1. The smallest absolute Gasteiger partial charge is 0.352 e. The Hall–Kier alpha value is -0.900. The molecule has 1 aromatic heterocycles. The molecule has 0 aromatic carbocycles. The fraction of sp³-hybridized carbons (Fsp3) is 0.615. The van der Waals surface area contributed by atoms with Crippen molar-refractivity contribution in [3.63, 3.8) is 0 Å². The highest BCUT2D eigenvalue weighted by Crippen LogP contribution is 2.40. The standard InChI is InChI=1S/C13H19NO2S/c1-17-13(7-3-2-4-8-13)10-14-9-5-6-11(14)12(15)16/h5-6,9H,2-4,7-8,10H2,1H3,(H,15,16). The Morgan fingerprint density at radius 1 is 1.47 bits per heavy atom. The van der Waals surface area contributed by atoms with E-state index in [1.807, 2.05) is 28.6 Å². The molecule has 1 saturated carbocycles. The van der Waals surface area contributed by atoms with E-state index in [9.17, 15) is 4.79 Å². The fourth-order valence-electron chi connectivity index (χ4n) is 2.68. The molecule has 1 N–H and O–H groups in total. The van der Waals surface area contributed by atoms with Gasteiger partial charge < -0.3 is 9.67 Å². The van der Waals surface area contributed by atoms with Gasteiger partial charge in [-0.25, -0.2) is 4.79 Å². The lowest BCUT2D eigenvalue weighted by Gasteiger charge is -2.36. The summed E-state index contributed by atoms with van der Waals surface area (Å²) < 4.78 is 2.13. The van der Waals surface area contributed by atoms with E-state index in [-0.39, 0.29) is 4.75 Å². The Morgan fingerprint density at radius 3 is 2.76 bits per heavy atom. The Labute approximate surface area is 106 Å². The molecule has 0 unspecified atom stereocenters. The number of rotatable bonds is 4. The predicted octanol–water partition coefficient (Wildman–Crippen LogP) is 3.25. The number of carbonyl (C=O) groups is 1. The van der Waals surface area contributed by atoms with E-state index in [4.69, 9.17) is 5.11 Å². The van der Waals surface area contributed by atoms with Gasteiger partial charge in [-0.2, -0.15) is 11.8 Å². The Kier molecular flexibility index (Phi) is 3.82. The van der Waals surface area contributed by atoms with Crippen LogP contribution in [0.25, 0.3) is 0 Å². The first-order valence-corrected chi connectivity index (χ1v) is 7.33. The van der Waals surface area contributed by atoms with E-state index < -0.39 is 5.97 Å². The van der Waals surface area contributed by atoms with Crippen molar-refractivity contribution in [2.24, 2.45) is 0 Å². The summed E-state index contributed by atoms with van der Waals surface area (Å²) in [6, 6.07) is 3.50. The van der Waals surface area contributed by atoms with Crippen molar-refractivity contribution in [3.8, 4) is 0 Å². The summed E-state index contributed by atoms with van der Waals surface area (Å²) in [6.07, 6.45) is 10.3. The van der Waals surface area contributed by atoms with E-state index in [2.05, 4.69) is 6.26 Å². The molecule has 0 aliphatic heterocycles. The maximum atomic E-state index is 11.1. The van der Waals surface area contributed by atoms with Crippen molar-refractivity contribution < 1.29 is 9.90 Å². The van der Waals surface area contributed by atoms with Gasteiger partial charge in [0.05, 0.1) is 0 Å². The second-order valence-electron chi connectivity index (χ2n) is 4.77. The van der Waals surface area contributed by atoms with Crippen LogP contribution in [0.3, 0.4) is 0 Å². The molecule has 4 heteroatoms. The van der Waals surface area contributed by atoms with E-state index in [0.717, 1.165) is 6.54 Å². The quantitative estimate of drug-likeness (QED) is 0.895. The molecular weight excluding hydrogens is 234 g/mol. The van der Waals surface area contributed by atoms with Crippen LogP contribution < -0.4 is 0 Å². The molecule has 0 amide bonds. The summed E-state index contributed by atoms with van der Waals surface area (Å²) >= 11 is 1.90. The van der Waals surface area contributed by atoms with Gasteiger partial charge in [0.15, 0.2) is 0 Å². The Morgan fingerprint density at radius 2 is 2.18 bits per heavy atom. The number of aromatic carboxylic acids is 1. The molecule has 1 aromatic rings. The molecule has 1 aliphatic carbocycles. The SMILES string of the molecule is CSC1(Cn2cccc2C(=O)O)CCCCC1. The minimum Gasteiger partial charge on any atom is -0.477 e. The molecule has 94 valence electrons. The molecule has 0 spiro atoms. The van der Waals surface area contributed by atoms with Gasteiger partial charge in [0.2, 0.25) is 0 Å². The number of carboxylic acids is 1. The number of hydrogen-bond acceptors (Lipinski definition) is 2. The number of carboxylic acid groups (broad SMARTS) is 1. The maximum Gasteiger partial charge on any atom is 0.352 e. The second kappa shape index (κ2) is 5.17. The van der Waals surface area contributed by atoms with Gasteiger partial charge in [-0.15, -0.1) is 0 Å². The Bertz CT molecular complexity index is 394. The van der Waals surface area contributed by atoms with E-state index >= 15 is 0 Å². The van der Waals surface area contributed by atoms with Gasteiger partial charge in [-0.3, -0.25) is 0 Å². The van der Waals surface area contributed by atoms with Crippen LogP contribution in [0.15, 0.2) is 18.3 Å². The number of hydrogen-bond donors (Lipinski definition) is 1. The van der Waals surface area contributed by atoms with E-state index in [0.29, 0.717) is 5.69 Å². The molecule has 3 nitrogen and oxygen atoms in total. The van der Waals surface area contributed by atoms with Gasteiger partial charge in [-0.05, 0) is 31.2 Å². The zero-order chi connectivity index (χ0) is 12.3. The molecule has 0 atom stereocenters. The van der Waals surface area contributed by atoms with Gasteiger partial charge in [0.1, 0.15) is 5.69 Å². The van der Waals surface area contributed by atoms with Gasteiger partial charge in [-0.1, -0.05) is 19.3 Å². The van der Waals surface area contributed by atoms with Gasteiger partial charge in [0.25, 0.3) is 0 Å². The Balaban J connectivity index is 2.17. The largest absolute Gasteiger partial charge is 0.477 e. The third-order valence-corrected chi connectivity index (χ3v) is 5.11. The molecule has 0 saturated heterocycles. The van der Waals surface area contributed by atoms with E-state index in [1.54, 1.807) is 6.07 Å². The van der Waals surface area contributed by atoms with Crippen LogP contribution in [0, 0.1) is 0 Å². The van der Waals surface area contributed by atoms with Crippen molar-refractivity contribution in [2.75, 3.05) is 6.26 Å². The maximum absolute atomic E-state index is 11.1. The zero-order valence-electron chi connectivity index (χ0n) is 10.2. The highest BCUT2D eigenvalue weighted by atomic mass is 32.2. The van der Waals surface area contributed by atoms with Crippen LogP contribution in [0.1, 0.15) is 42.6 Å². The molecule has 1 heterocycles. The average Bonchev–Trinajstić information content (AvgIpc) is 2.78. The first kappa shape index (κ1) is 12.6. The average molecular weight is 253 g/mol. The molecule has 0 radical (unpaired) electrons. The van der Waals surface area contributed by atoms with Crippen molar-refractivity contribution >= 4 is 17.7 Å². The van der Waals surface area contributed by atoms with Crippen molar-refractivity contribution in [3.05, 3.63) is 24.0 Å². The second-order valence-corrected chi connectivity index (χ2v) is 6.05. The normalized spacial score (nSPS) is 19.1. The zero-order valence-corrected chi connectivity index (χ0v) is 11.0. The summed E-state index contributed by atoms with van der Waals surface area (Å²) in [5, 5.41) is 9.11. The molecular formula is C13H19NO2S. The van der Waals surface area contributed by atoms with Crippen molar-refractivity contribution in [1.82, 2.24) is 4.57 Å². The molecule has 1 fully saturated rings. The first-order valence-electron chi connectivity index (χ1n) is 6.10. The lowest BCUT2D eigenvalue weighted by atomic mass is 9.88. The summed E-state index contributed by atoms with van der Waals surface area (Å²) in [5.41, 5.74) is 0.406. The topological polar surface area (TPSA) is 42.2 Å². The minimum atomic E-state index is -0.831. The van der Waals surface area contributed by atoms with Crippen LogP contribution in [0.2, 0.25) is 0 Å².